The lowest BCUT2D eigenvalue weighted by Gasteiger charge is -2.47. The maximum absolute atomic E-state index is 12.6. The van der Waals surface area contributed by atoms with Gasteiger partial charge in [-0.3, -0.25) is 4.90 Å². The summed E-state index contributed by atoms with van der Waals surface area (Å²) < 4.78 is 10.8. The lowest BCUT2D eigenvalue weighted by Crippen LogP contribution is -2.57. The second kappa shape index (κ2) is 8.07. The maximum atomic E-state index is 12.6. The van der Waals surface area contributed by atoms with Gasteiger partial charge in [0.15, 0.2) is 0 Å². The Bertz CT molecular complexity index is 535. The quantitative estimate of drug-likeness (QED) is 0.728. The van der Waals surface area contributed by atoms with Gasteiger partial charge in [0.1, 0.15) is 11.6 Å². The van der Waals surface area contributed by atoms with Crippen molar-refractivity contribution in [3.63, 3.8) is 0 Å². The van der Waals surface area contributed by atoms with E-state index in [2.05, 4.69) is 6.07 Å². The fourth-order valence-electron chi connectivity index (χ4n) is 4.18. The minimum atomic E-state index is -0.600. The molecule has 0 N–H and O–H groups in total. The zero-order chi connectivity index (χ0) is 18.6. The van der Waals surface area contributed by atoms with Crippen LogP contribution in [0.3, 0.4) is 0 Å². The van der Waals surface area contributed by atoms with Crippen molar-refractivity contribution in [3.05, 3.63) is 0 Å². The first-order valence-corrected chi connectivity index (χ1v) is 9.30. The predicted molar refractivity (Wildman–Crippen MR) is 92.5 cm³/mol. The van der Waals surface area contributed by atoms with Crippen molar-refractivity contribution in [1.82, 2.24) is 4.90 Å². The number of ether oxygens (including phenoxy) is 2. The molecular weight excluding hydrogens is 320 g/mol. The van der Waals surface area contributed by atoms with E-state index in [1.54, 1.807) is 11.8 Å². The lowest BCUT2D eigenvalue weighted by molar-refractivity contribution is -0.156. The van der Waals surface area contributed by atoms with Gasteiger partial charge in [-0.2, -0.15) is 5.26 Å². The summed E-state index contributed by atoms with van der Waals surface area (Å²) in [6, 6.07) is 1.69. The van der Waals surface area contributed by atoms with E-state index in [0.717, 1.165) is 25.7 Å². The fourth-order valence-corrected chi connectivity index (χ4v) is 4.18. The number of esters is 1. The van der Waals surface area contributed by atoms with Gasteiger partial charge >= 0.3 is 12.1 Å². The van der Waals surface area contributed by atoms with E-state index in [-0.39, 0.29) is 11.9 Å². The first-order chi connectivity index (χ1) is 11.8. The first kappa shape index (κ1) is 19.6. The summed E-state index contributed by atoms with van der Waals surface area (Å²) in [7, 11) is 0. The molecule has 1 heterocycles. The smallest absolute Gasteiger partial charge is 0.411 e. The summed E-state index contributed by atoms with van der Waals surface area (Å²) in [5.41, 5.74) is -0.600. The molecule has 1 aliphatic carbocycles. The van der Waals surface area contributed by atoms with Crippen LogP contribution < -0.4 is 0 Å². The van der Waals surface area contributed by atoms with Crippen LogP contribution in [0.15, 0.2) is 0 Å². The normalized spacial score (nSPS) is 29.3. The van der Waals surface area contributed by atoms with Gasteiger partial charge < -0.3 is 9.47 Å². The highest BCUT2D eigenvalue weighted by Crippen LogP contribution is 2.43. The number of fused-ring (bicyclic) bond motifs is 1. The molecule has 1 aliphatic heterocycles. The molecule has 1 saturated carbocycles. The number of hydrogen-bond donors (Lipinski definition) is 0. The van der Waals surface area contributed by atoms with Gasteiger partial charge in [-0.1, -0.05) is 0 Å². The van der Waals surface area contributed by atoms with Crippen molar-refractivity contribution < 1.29 is 19.1 Å². The summed E-state index contributed by atoms with van der Waals surface area (Å²) in [4.78, 5) is 26.8. The van der Waals surface area contributed by atoms with Gasteiger partial charge in [-0.25, -0.2) is 9.59 Å². The second-order valence-corrected chi connectivity index (χ2v) is 8.12. The molecule has 0 aromatic carbocycles. The Balaban J connectivity index is 2.18. The van der Waals surface area contributed by atoms with Gasteiger partial charge in [0, 0.05) is 13.0 Å². The van der Waals surface area contributed by atoms with Crippen LogP contribution in [-0.4, -0.2) is 41.8 Å². The molecule has 0 bridgehead atoms. The van der Waals surface area contributed by atoms with E-state index < -0.39 is 17.7 Å². The topological polar surface area (TPSA) is 79.6 Å². The van der Waals surface area contributed by atoms with Crippen molar-refractivity contribution in [2.24, 2.45) is 17.8 Å². The van der Waals surface area contributed by atoms with Crippen LogP contribution >= 0.6 is 0 Å². The van der Waals surface area contributed by atoms with E-state index in [4.69, 9.17) is 14.7 Å². The molecule has 4 atom stereocenters. The number of rotatable bonds is 3. The molecule has 1 saturated heterocycles. The number of amides is 1. The Morgan fingerprint density at radius 3 is 2.56 bits per heavy atom. The Hall–Kier alpha value is -1.77. The Morgan fingerprint density at radius 1 is 1.24 bits per heavy atom. The second-order valence-electron chi connectivity index (χ2n) is 8.12. The minimum Gasteiger partial charge on any atom is -0.464 e. The fraction of sp³-hybridized carbons (Fsp3) is 0.842. The third kappa shape index (κ3) is 4.87. The highest BCUT2D eigenvalue weighted by molar-refractivity contribution is 5.82. The van der Waals surface area contributed by atoms with E-state index in [1.165, 1.54) is 0 Å². The van der Waals surface area contributed by atoms with Crippen molar-refractivity contribution in [3.8, 4) is 6.07 Å². The van der Waals surface area contributed by atoms with E-state index in [9.17, 15) is 9.59 Å². The zero-order valence-electron chi connectivity index (χ0n) is 15.8. The number of hydrogen-bond acceptors (Lipinski definition) is 5. The Labute approximate surface area is 150 Å². The molecule has 25 heavy (non-hydrogen) atoms. The highest BCUT2D eigenvalue weighted by Gasteiger charge is 2.48. The van der Waals surface area contributed by atoms with Crippen LogP contribution in [0.25, 0.3) is 0 Å². The predicted octanol–water partition coefficient (Wildman–Crippen LogP) is 3.51. The van der Waals surface area contributed by atoms with Crippen LogP contribution in [0.5, 0.6) is 0 Å². The Morgan fingerprint density at radius 2 is 1.96 bits per heavy atom. The van der Waals surface area contributed by atoms with Crippen molar-refractivity contribution in [2.45, 2.75) is 71.4 Å². The van der Waals surface area contributed by atoms with Gasteiger partial charge in [0.2, 0.25) is 0 Å². The molecule has 2 fully saturated rings. The first-order valence-electron chi connectivity index (χ1n) is 9.30. The molecule has 1 amide bonds. The van der Waals surface area contributed by atoms with Crippen molar-refractivity contribution in [2.75, 3.05) is 13.2 Å². The minimum absolute atomic E-state index is 0.0928. The third-order valence-corrected chi connectivity index (χ3v) is 5.17. The lowest BCUT2D eigenvalue weighted by atomic mass is 9.67. The molecule has 0 aromatic rings. The van der Waals surface area contributed by atoms with Crippen LogP contribution in [-0.2, 0) is 14.3 Å². The molecule has 6 nitrogen and oxygen atoms in total. The van der Waals surface area contributed by atoms with E-state index in [0.29, 0.717) is 31.4 Å². The summed E-state index contributed by atoms with van der Waals surface area (Å²) in [5.74, 6) is 0.527. The van der Waals surface area contributed by atoms with E-state index >= 15 is 0 Å². The van der Waals surface area contributed by atoms with Gasteiger partial charge in [-0.05, 0) is 71.1 Å². The van der Waals surface area contributed by atoms with Crippen molar-refractivity contribution in [1.29, 1.82) is 5.26 Å². The average Bonchev–Trinajstić information content (AvgIpc) is 2.52. The number of likely N-dealkylation sites (tertiary alicyclic amines) is 1. The average molecular weight is 350 g/mol. The third-order valence-electron chi connectivity index (χ3n) is 5.17. The van der Waals surface area contributed by atoms with Crippen LogP contribution in [0.1, 0.15) is 59.8 Å². The largest absolute Gasteiger partial charge is 0.464 e. The molecule has 1 unspecified atom stereocenters. The summed E-state index contributed by atoms with van der Waals surface area (Å²) in [6.45, 7) is 8.04. The molecule has 6 heteroatoms. The standard InChI is InChI=1S/C19H30N2O4/c1-5-24-17(22)16-15-7-6-13(8-10-20)12-14(15)9-11-21(16)18(23)25-19(2,3)4/h13-16H,5-9,11-12H2,1-4H3/t13?,14-,15+,16+/m0/s1. The molecule has 0 spiro atoms. The maximum Gasteiger partial charge on any atom is 0.411 e. The van der Waals surface area contributed by atoms with Crippen molar-refractivity contribution >= 4 is 12.1 Å². The molecular formula is C19H30N2O4. The van der Waals surface area contributed by atoms with Gasteiger partial charge in [0.25, 0.3) is 0 Å². The molecule has 2 rings (SSSR count). The van der Waals surface area contributed by atoms with Crippen LogP contribution in [0, 0.1) is 29.1 Å². The Kier molecular flexibility index (Phi) is 6.31. The molecule has 0 aromatic heterocycles. The number of nitrogens with zero attached hydrogens (tertiary/aromatic N) is 2. The SMILES string of the molecule is CCOC(=O)[C@H]1[C@@H]2CCC(CC#N)C[C@@H]2CCN1C(=O)OC(C)(C)C. The van der Waals surface area contributed by atoms with E-state index in [1.807, 2.05) is 20.8 Å². The van der Waals surface area contributed by atoms with Gasteiger partial charge in [0.05, 0.1) is 12.7 Å². The zero-order valence-corrected chi connectivity index (χ0v) is 15.8. The number of carbonyl (C=O) groups is 2. The molecule has 2 aliphatic rings. The highest BCUT2D eigenvalue weighted by atomic mass is 16.6. The van der Waals surface area contributed by atoms with Crippen LogP contribution in [0.2, 0.25) is 0 Å². The molecule has 0 radical (unpaired) electrons. The summed E-state index contributed by atoms with van der Waals surface area (Å²) >= 11 is 0. The number of carbonyl (C=O) groups excluding carboxylic acids is 2. The molecule has 140 valence electrons. The summed E-state index contributed by atoms with van der Waals surface area (Å²) in [5, 5.41) is 8.95. The summed E-state index contributed by atoms with van der Waals surface area (Å²) in [6.07, 6.45) is 3.70. The van der Waals surface area contributed by atoms with Gasteiger partial charge in [-0.15, -0.1) is 0 Å². The number of piperidine rings is 1. The monoisotopic (exact) mass is 350 g/mol. The van der Waals surface area contributed by atoms with Crippen LogP contribution in [0.4, 0.5) is 4.79 Å². The number of nitriles is 1.